The first kappa shape index (κ1) is 20.2. The van der Waals surface area contributed by atoms with E-state index in [4.69, 9.17) is 14.3 Å². The molecule has 1 aromatic carbocycles. The normalized spacial score (nSPS) is 23.2. The van der Waals surface area contributed by atoms with E-state index in [0.29, 0.717) is 32.5 Å². The van der Waals surface area contributed by atoms with Crippen molar-refractivity contribution in [3.8, 4) is 11.5 Å². The highest BCUT2D eigenvalue weighted by Crippen LogP contribution is 2.46. The van der Waals surface area contributed by atoms with Gasteiger partial charge in [-0.05, 0) is 49.8 Å². The van der Waals surface area contributed by atoms with Crippen LogP contribution >= 0.6 is 0 Å². The third-order valence-electron chi connectivity index (χ3n) is 6.34. The number of rotatable bonds is 7. The number of piperidine rings is 1. The molecule has 4 rings (SSSR count). The number of benzene rings is 1. The van der Waals surface area contributed by atoms with Crippen LogP contribution in [-0.2, 0) is 20.8 Å². The van der Waals surface area contributed by atoms with Crippen LogP contribution in [0.4, 0.5) is 0 Å². The SMILES string of the molecule is COc1cccc2c1CC(NCCCON1C(=O)CC3(CCCC3)CC1=O)CO2. The monoisotopic (exact) mass is 402 g/mol. The molecule has 1 aromatic rings. The Kier molecular flexibility index (Phi) is 6.06. The quantitative estimate of drug-likeness (QED) is 0.558. The van der Waals surface area contributed by atoms with Gasteiger partial charge >= 0.3 is 0 Å². The summed E-state index contributed by atoms with van der Waals surface area (Å²) in [5, 5.41) is 4.47. The number of ether oxygens (including phenoxy) is 2. The molecule has 2 heterocycles. The van der Waals surface area contributed by atoms with Gasteiger partial charge in [-0.3, -0.25) is 14.4 Å². The van der Waals surface area contributed by atoms with Crippen molar-refractivity contribution in [2.75, 3.05) is 26.9 Å². The highest BCUT2D eigenvalue weighted by atomic mass is 16.7. The van der Waals surface area contributed by atoms with Gasteiger partial charge in [0, 0.05) is 24.4 Å². The number of hydrogen-bond donors (Lipinski definition) is 1. The zero-order valence-electron chi connectivity index (χ0n) is 17.1. The Bertz CT molecular complexity index is 725. The summed E-state index contributed by atoms with van der Waals surface area (Å²) in [6.45, 7) is 1.66. The van der Waals surface area contributed by atoms with Crippen molar-refractivity contribution in [2.24, 2.45) is 5.41 Å². The van der Waals surface area contributed by atoms with Gasteiger partial charge in [0.05, 0.1) is 13.7 Å². The molecule has 0 radical (unpaired) electrons. The molecule has 2 aliphatic heterocycles. The predicted molar refractivity (Wildman–Crippen MR) is 107 cm³/mol. The first-order valence-corrected chi connectivity index (χ1v) is 10.6. The molecule has 0 bridgehead atoms. The minimum Gasteiger partial charge on any atom is -0.496 e. The predicted octanol–water partition coefficient (Wildman–Crippen LogP) is 2.62. The molecule has 7 heteroatoms. The van der Waals surface area contributed by atoms with E-state index in [9.17, 15) is 9.59 Å². The molecule has 3 aliphatic rings. The van der Waals surface area contributed by atoms with Crippen LogP contribution in [0.25, 0.3) is 0 Å². The number of nitrogens with one attached hydrogen (secondary N) is 1. The molecule has 7 nitrogen and oxygen atoms in total. The Morgan fingerprint density at radius 2 is 1.97 bits per heavy atom. The highest BCUT2D eigenvalue weighted by Gasteiger charge is 2.45. The third-order valence-corrected chi connectivity index (χ3v) is 6.34. The van der Waals surface area contributed by atoms with E-state index in [1.54, 1.807) is 7.11 Å². The molecular weight excluding hydrogens is 372 g/mol. The summed E-state index contributed by atoms with van der Waals surface area (Å²) < 4.78 is 11.3. The average Bonchev–Trinajstić information content (AvgIpc) is 3.16. The van der Waals surface area contributed by atoms with Gasteiger partial charge in [0.15, 0.2) is 0 Å². The summed E-state index contributed by atoms with van der Waals surface area (Å²) in [5.41, 5.74) is 0.994. The Hall–Kier alpha value is -2.12. The molecule has 1 saturated heterocycles. The first-order chi connectivity index (χ1) is 14.1. The van der Waals surface area contributed by atoms with E-state index in [-0.39, 0.29) is 23.3 Å². The van der Waals surface area contributed by atoms with Crippen molar-refractivity contribution in [3.63, 3.8) is 0 Å². The molecular formula is C22H30N2O5. The maximum absolute atomic E-state index is 12.4. The third kappa shape index (κ3) is 4.41. The summed E-state index contributed by atoms with van der Waals surface area (Å²) in [6.07, 6.45) is 6.64. The minimum absolute atomic E-state index is 0.0894. The standard InChI is InChI=1S/C22H30N2O5/c1-27-18-6-4-7-19-17(18)12-16(15-28-19)23-10-5-11-29-24-20(25)13-22(14-21(24)26)8-2-3-9-22/h4,6-7,16,23H,2-3,5,8-15H2,1H3. The zero-order chi connectivity index (χ0) is 20.3. The molecule has 1 unspecified atom stereocenters. The zero-order valence-corrected chi connectivity index (χ0v) is 17.1. The van der Waals surface area contributed by atoms with Gasteiger partial charge in [0.25, 0.3) is 11.8 Å². The van der Waals surface area contributed by atoms with Crippen LogP contribution in [0.2, 0.25) is 0 Å². The number of nitrogens with zero attached hydrogens (tertiary/aromatic N) is 1. The summed E-state index contributed by atoms with van der Waals surface area (Å²) in [5.74, 6) is 1.37. The van der Waals surface area contributed by atoms with E-state index in [1.807, 2.05) is 18.2 Å². The number of carbonyl (C=O) groups is 2. The highest BCUT2D eigenvalue weighted by molar-refractivity contribution is 5.97. The second-order valence-corrected chi connectivity index (χ2v) is 8.43. The van der Waals surface area contributed by atoms with Crippen LogP contribution in [0.3, 0.4) is 0 Å². The van der Waals surface area contributed by atoms with Gasteiger partial charge in [0.1, 0.15) is 18.1 Å². The van der Waals surface area contributed by atoms with E-state index in [1.165, 1.54) is 0 Å². The summed E-state index contributed by atoms with van der Waals surface area (Å²) in [4.78, 5) is 30.3. The van der Waals surface area contributed by atoms with Crippen molar-refractivity contribution < 1.29 is 23.9 Å². The molecule has 1 spiro atoms. The van der Waals surface area contributed by atoms with E-state index in [0.717, 1.165) is 60.8 Å². The van der Waals surface area contributed by atoms with Crippen molar-refractivity contribution in [2.45, 2.75) is 57.4 Å². The molecule has 1 atom stereocenters. The average molecular weight is 402 g/mol. The van der Waals surface area contributed by atoms with Crippen LogP contribution < -0.4 is 14.8 Å². The van der Waals surface area contributed by atoms with Gasteiger partial charge in [-0.1, -0.05) is 18.9 Å². The Morgan fingerprint density at radius 1 is 1.21 bits per heavy atom. The lowest BCUT2D eigenvalue weighted by Crippen LogP contribution is -2.47. The molecule has 1 N–H and O–H groups in total. The molecule has 1 aliphatic carbocycles. The van der Waals surface area contributed by atoms with Crippen molar-refractivity contribution in [1.29, 1.82) is 0 Å². The number of hydrogen-bond acceptors (Lipinski definition) is 6. The maximum Gasteiger partial charge on any atom is 0.254 e. The lowest BCUT2D eigenvalue weighted by Gasteiger charge is -2.36. The van der Waals surface area contributed by atoms with E-state index in [2.05, 4.69) is 5.32 Å². The molecule has 0 aromatic heterocycles. The molecule has 2 amide bonds. The van der Waals surface area contributed by atoms with Gasteiger partial charge in [0.2, 0.25) is 0 Å². The summed E-state index contributed by atoms with van der Waals surface area (Å²) in [7, 11) is 1.67. The van der Waals surface area contributed by atoms with Crippen molar-refractivity contribution >= 4 is 11.8 Å². The van der Waals surface area contributed by atoms with Crippen LogP contribution in [0.1, 0.15) is 50.5 Å². The van der Waals surface area contributed by atoms with Crippen LogP contribution in [-0.4, -0.2) is 49.8 Å². The number of amides is 2. The van der Waals surface area contributed by atoms with Gasteiger partial charge in [-0.2, -0.15) is 5.06 Å². The topological polar surface area (TPSA) is 77.1 Å². The van der Waals surface area contributed by atoms with Crippen molar-refractivity contribution in [1.82, 2.24) is 10.4 Å². The second-order valence-electron chi connectivity index (χ2n) is 8.43. The fraction of sp³-hybridized carbons (Fsp3) is 0.636. The Balaban J connectivity index is 1.19. The maximum atomic E-state index is 12.4. The van der Waals surface area contributed by atoms with Crippen LogP contribution in [0, 0.1) is 5.41 Å². The lowest BCUT2D eigenvalue weighted by atomic mass is 9.77. The van der Waals surface area contributed by atoms with Crippen LogP contribution in [0.15, 0.2) is 18.2 Å². The number of hydroxylamine groups is 2. The molecule has 158 valence electrons. The first-order valence-electron chi connectivity index (χ1n) is 10.6. The van der Waals surface area contributed by atoms with Crippen LogP contribution in [0.5, 0.6) is 11.5 Å². The number of imide groups is 1. The fourth-order valence-corrected chi connectivity index (χ4v) is 4.84. The van der Waals surface area contributed by atoms with E-state index < -0.39 is 0 Å². The Labute approximate surface area is 171 Å². The number of fused-ring (bicyclic) bond motifs is 1. The smallest absolute Gasteiger partial charge is 0.254 e. The van der Waals surface area contributed by atoms with Gasteiger partial charge < -0.3 is 14.8 Å². The minimum atomic E-state index is -0.180. The number of methoxy groups -OCH3 is 1. The number of carbonyl (C=O) groups excluding carboxylic acids is 2. The molecule has 1 saturated carbocycles. The van der Waals surface area contributed by atoms with Crippen molar-refractivity contribution in [3.05, 3.63) is 23.8 Å². The molecule has 2 fully saturated rings. The summed E-state index contributed by atoms with van der Waals surface area (Å²) >= 11 is 0. The Morgan fingerprint density at radius 3 is 2.69 bits per heavy atom. The lowest BCUT2D eigenvalue weighted by molar-refractivity contribution is -0.204. The fourth-order valence-electron chi connectivity index (χ4n) is 4.84. The van der Waals surface area contributed by atoms with Gasteiger partial charge in [-0.15, -0.1) is 0 Å². The molecule has 29 heavy (non-hydrogen) atoms. The largest absolute Gasteiger partial charge is 0.496 e. The second kappa shape index (κ2) is 8.71. The van der Waals surface area contributed by atoms with E-state index >= 15 is 0 Å². The summed E-state index contributed by atoms with van der Waals surface area (Å²) in [6, 6.07) is 6.03. The van der Waals surface area contributed by atoms with Gasteiger partial charge in [-0.25, -0.2) is 0 Å².